The Bertz CT molecular complexity index is 150. The van der Waals surface area contributed by atoms with E-state index in [1.807, 2.05) is 25.7 Å². The molecule has 2 aliphatic rings. The molecule has 0 atom stereocenters. The van der Waals surface area contributed by atoms with Crippen molar-refractivity contribution in [1.82, 2.24) is 0 Å². The third-order valence-corrected chi connectivity index (χ3v) is 1.65. The fraction of sp³-hybridized carbons (Fsp3) is 0. The van der Waals surface area contributed by atoms with Gasteiger partial charge in [0.05, 0.1) is 0 Å². The Labute approximate surface area is 105 Å². The monoisotopic (exact) mass is 288 g/mol. The van der Waals surface area contributed by atoms with Gasteiger partial charge in [-0.3, -0.25) is 0 Å². The van der Waals surface area contributed by atoms with Crippen molar-refractivity contribution >= 4 is 12.6 Å². The topological polar surface area (TPSA) is 34.1 Å². The summed E-state index contributed by atoms with van der Waals surface area (Å²) in [6, 6.07) is 0. The molecule has 2 aliphatic carbocycles. The van der Waals surface area contributed by atoms with E-state index in [1.54, 1.807) is 25.7 Å². The van der Waals surface area contributed by atoms with Crippen molar-refractivity contribution in [3.05, 3.63) is 63.2 Å². The Kier molecular flexibility index (Phi) is 9.19. The predicted molar refractivity (Wildman–Crippen MR) is 53.0 cm³/mol. The van der Waals surface area contributed by atoms with Crippen LogP contribution in [0.25, 0.3) is 0 Å². The van der Waals surface area contributed by atoms with Crippen LogP contribution in [0.15, 0.2) is 0 Å². The van der Waals surface area contributed by atoms with Gasteiger partial charge in [0.1, 0.15) is 12.6 Å². The van der Waals surface area contributed by atoms with E-state index >= 15 is 0 Å². The largest absolute Gasteiger partial charge is 2.00 e. The van der Waals surface area contributed by atoms with Crippen molar-refractivity contribution in [3.8, 4) is 0 Å². The van der Waals surface area contributed by atoms with Crippen LogP contribution in [0.3, 0.4) is 0 Å². The van der Waals surface area contributed by atoms with E-state index < -0.39 is 0 Å². The van der Waals surface area contributed by atoms with Crippen LogP contribution >= 0.6 is 0 Å². The molecule has 0 aromatic heterocycles. The number of aldehydes is 2. The minimum atomic E-state index is 0. The molecule has 3 heteroatoms. The SMILES string of the molecule is O=C[C]1[CH][CH][CH][CH]1.O=C[C]1[CH][CH][CH][CH]1.[Ru+2]. The van der Waals surface area contributed by atoms with Crippen LogP contribution in [0, 0.1) is 63.2 Å². The van der Waals surface area contributed by atoms with Gasteiger partial charge in [-0.1, -0.05) is 0 Å². The first-order valence-corrected chi connectivity index (χ1v) is 4.20. The van der Waals surface area contributed by atoms with Gasteiger partial charge in [-0.15, -0.1) is 0 Å². The molecule has 2 rings (SSSR count). The molecule has 0 heterocycles. The molecule has 10 radical (unpaired) electrons. The van der Waals surface area contributed by atoms with Crippen LogP contribution in [0.4, 0.5) is 0 Å². The van der Waals surface area contributed by atoms with E-state index in [0.29, 0.717) is 0 Å². The number of hydrogen-bond acceptors (Lipinski definition) is 2. The fourth-order valence-electron chi connectivity index (χ4n) is 0.935. The Balaban J connectivity index is 0.000000245. The summed E-state index contributed by atoms with van der Waals surface area (Å²) in [6.07, 6.45) is 16.1. The second kappa shape index (κ2) is 9.21. The van der Waals surface area contributed by atoms with Crippen LogP contribution in [0.2, 0.25) is 0 Å². The first-order chi connectivity index (χ1) is 6.86. The second-order valence-corrected chi connectivity index (χ2v) is 2.67. The number of hydrogen-bond donors (Lipinski definition) is 0. The summed E-state index contributed by atoms with van der Waals surface area (Å²) in [5.74, 6) is 1.50. The first-order valence-electron chi connectivity index (χ1n) is 4.20. The van der Waals surface area contributed by atoms with Gasteiger partial charge in [0.2, 0.25) is 0 Å². The maximum atomic E-state index is 9.87. The van der Waals surface area contributed by atoms with E-state index in [4.69, 9.17) is 0 Å². The van der Waals surface area contributed by atoms with Gasteiger partial charge in [0.15, 0.2) is 0 Å². The van der Waals surface area contributed by atoms with E-state index in [0.717, 1.165) is 24.4 Å². The molecule has 0 bridgehead atoms. The molecule has 0 aromatic carbocycles. The van der Waals surface area contributed by atoms with Crippen molar-refractivity contribution in [2.75, 3.05) is 0 Å². The molecule has 0 amide bonds. The van der Waals surface area contributed by atoms with Crippen molar-refractivity contribution in [1.29, 1.82) is 0 Å². The summed E-state index contributed by atoms with van der Waals surface area (Å²) in [4.78, 5) is 19.7. The number of carbonyl (C=O) groups excluding carboxylic acids is 2. The van der Waals surface area contributed by atoms with Gasteiger partial charge in [-0.25, -0.2) is 0 Å². The molecule has 0 aromatic rings. The maximum Gasteiger partial charge on any atom is 2.00 e. The molecule has 0 aliphatic heterocycles. The quantitative estimate of drug-likeness (QED) is 0.564. The van der Waals surface area contributed by atoms with E-state index in [2.05, 4.69) is 0 Å². The zero-order valence-corrected chi connectivity index (χ0v) is 9.68. The minimum Gasteiger partial charge on any atom is -0.303 e. The standard InChI is InChI=1S/2C6H5O.Ru/c2*7-5-6-3-1-2-4-6;/h2*1-5H;/q;;+2. The maximum absolute atomic E-state index is 9.87. The molecular formula is C12H10O2Ru+2. The van der Waals surface area contributed by atoms with Gasteiger partial charge in [-0.05, 0) is 51.4 Å². The summed E-state index contributed by atoms with van der Waals surface area (Å²) in [6.45, 7) is 0. The number of rotatable bonds is 2. The van der Waals surface area contributed by atoms with Crippen LogP contribution in [0.1, 0.15) is 0 Å². The van der Waals surface area contributed by atoms with E-state index in [1.165, 1.54) is 0 Å². The molecule has 2 nitrogen and oxygen atoms in total. The summed E-state index contributed by atoms with van der Waals surface area (Å²) in [5.41, 5.74) is 0. The van der Waals surface area contributed by atoms with E-state index in [-0.39, 0.29) is 19.5 Å². The molecule has 2 saturated carbocycles. The molecule has 0 saturated heterocycles. The van der Waals surface area contributed by atoms with Gasteiger partial charge in [-0.2, -0.15) is 0 Å². The van der Waals surface area contributed by atoms with Crippen LogP contribution in [-0.4, -0.2) is 12.6 Å². The fourth-order valence-corrected chi connectivity index (χ4v) is 0.935. The summed E-state index contributed by atoms with van der Waals surface area (Å²) >= 11 is 0. The van der Waals surface area contributed by atoms with Gasteiger partial charge < -0.3 is 9.59 Å². The molecular weight excluding hydrogens is 277 g/mol. The molecule has 0 N–H and O–H groups in total. The van der Waals surface area contributed by atoms with Gasteiger partial charge in [0.25, 0.3) is 0 Å². The summed E-state index contributed by atoms with van der Waals surface area (Å²) in [7, 11) is 0. The summed E-state index contributed by atoms with van der Waals surface area (Å²) in [5, 5.41) is 0. The average Bonchev–Trinajstić information content (AvgIpc) is 2.92. The Morgan fingerprint density at radius 3 is 1.07 bits per heavy atom. The zero-order chi connectivity index (χ0) is 10.2. The molecule has 76 valence electrons. The zero-order valence-electron chi connectivity index (χ0n) is 7.94. The Hall–Kier alpha value is -0.0366. The van der Waals surface area contributed by atoms with Gasteiger partial charge >= 0.3 is 19.5 Å². The van der Waals surface area contributed by atoms with Crippen molar-refractivity contribution in [3.63, 3.8) is 0 Å². The van der Waals surface area contributed by atoms with Crippen molar-refractivity contribution < 1.29 is 29.1 Å². The minimum absolute atomic E-state index is 0. The average molecular weight is 287 g/mol. The van der Waals surface area contributed by atoms with Gasteiger partial charge in [0, 0.05) is 11.8 Å². The number of carbonyl (C=O) groups is 2. The van der Waals surface area contributed by atoms with Crippen LogP contribution < -0.4 is 0 Å². The van der Waals surface area contributed by atoms with Crippen molar-refractivity contribution in [2.45, 2.75) is 0 Å². The van der Waals surface area contributed by atoms with Crippen LogP contribution in [0.5, 0.6) is 0 Å². The molecule has 15 heavy (non-hydrogen) atoms. The first kappa shape index (κ1) is 15.0. The smallest absolute Gasteiger partial charge is 0.303 e. The normalized spacial score (nSPS) is 21.3. The van der Waals surface area contributed by atoms with Crippen LogP contribution in [-0.2, 0) is 29.1 Å². The van der Waals surface area contributed by atoms with Crippen molar-refractivity contribution in [2.24, 2.45) is 0 Å². The Morgan fingerprint density at radius 2 is 0.933 bits per heavy atom. The molecule has 2 fully saturated rings. The third kappa shape index (κ3) is 6.19. The van der Waals surface area contributed by atoms with E-state index in [9.17, 15) is 9.59 Å². The predicted octanol–water partition coefficient (Wildman–Crippen LogP) is 1.18. The third-order valence-electron chi connectivity index (χ3n) is 1.65. The molecule has 0 spiro atoms. The Morgan fingerprint density at radius 1 is 0.667 bits per heavy atom. The second-order valence-electron chi connectivity index (χ2n) is 2.67. The molecule has 0 unspecified atom stereocenters. The summed E-state index contributed by atoms with van der Waals surface area (Å²) < 4.78 is 0.